The van der Waals surface area contributed by atoms with Gasteiger partial charge in [-0.3, -0.25) is 4.79 Å². The Labute approximate surface area is 156 Å². The Hall–Kier alpha value is -1.79. The second-order valence-corrected chi connectivity index (χ2v) is 7.08. The Kier molecular flexibility index (Phi) is 6.15. The van der Waals surface area contributed by atoms with E-state index in [-0.39, 0.29) is 18.6 Å². The minimum atomic E-state index is -0.0764. The summed E-state index contributed by atoms with van der Waals surface area (Å²) in [6.45, 7) is 3.64. The van der Waals surface area contributed by atoms with E-state index in [0.717, 1.165) is 35.4 Å². The quantitative estimate of drug-likeness (QED) is 0.697. The molecule has 0 N–H and O–H groups in total. The minimum absolute atomic E-state index is 0.00591. The van der Waals surface area contributed by atoms with E-state index in [0.29, 0.717) is 18.8 Å². The van der Waals surface area contributed by atoms with Crippen LogP contribution in [0.25, 0.3) is 0 Å². The van der Waals surface area contributed by atoms with E-state index in [2.05, 4.69) is 15.9 Å². The molecule has 2 heterocycles. The highest BCUT2D eigenvalue weighted by Gasteiger charge is 2.24. The minimum Gasteiger partial charge on any atom is -0.484 e. The number of aryl methyl sites for hydroxylation is 1. The zero-order chi connectivity index (χ0) is 17.6. The lowest BCUT2D eigenvalue weighted by molar-refractivity contribution is -0.135. The number of halogens is 1. The molecule has 1 aromatic heterocycles. The monoisotopic (exact) mass is 407 g/mol. The largest absolute Gasteiger partial charge is 0.484 e. The maximum atomic E-state index is 12.7. The van der Waals surface area contributed by atoms with Gasteiger partial charge in [0, 0.05) is 17.6 Å². The first-order chi connectivity index (χ1) is 12.1. The van der Waals surface area contributed by atoms with Crippen molar-refractivity contribution in [1.29, 1.82) is 0 Å². The van der Waals surface area contributed by atoms with E-state index in [1.165, 1.54) is 0 Å². The van der Waals surface area contributed by atoms with Crippen molar-refractivity contribution in [3.63, 3.8) is 0 Å². The van der Waals surface area contributed by atoms with Gasteiger partial charge in [-0.25, -0.2) is 0 Å². The van der Waals surface area contributed by atoms with Gasteiger partial charge in [0.25, 0.3) is 5.91 Å². The third-order valence-electron chi connectivity index (χ3n) is 4.12. The van der Waals surface area contributed by atoms with Gasteiger partial charge in [-0.2, -0.15) is 0 Å². The molecule has 3 rings (SSSR count). The number of nitrogens with zero attached hydrogens (tertiary/aromatic N) is 1. The van der Waals surface area contributed by atoms with Crippen molar-refractivity contribution < 1.29 is 18.7 Å². The lowest BCUT2D eigenvalue weighted by Crippen LogP contribution is -2.39. The van der Waals surface area contributed by atoms with Crippen LogP contribution in [0.1, 0.15) is 24.4 Å². The van der Waals surface area contributed by atoms with Gasteiger partial charge < -0.3 is 18.8 Å². The summed E-state index contributed by atoms with van der Waals surface area (Å²) in [5, 5.41) is 0. The number of amides is 1. The zero-order valence-corrected chi connectivity index (χ0v) is 15.8. The molecule has 25 heavy (non-hydrogen) atoms. The smallest absolute Gasteiger partial charge is 0.261 e. The summed E-state index contributed by atoms with van der Waals surface area (Å²) >= 11 is 3.38. The topological polar surface area (TPSA) is 51.9 Å². The Bertz CT molecular complexity index is 692. The second-order valence-electron chi connectivity index (χ2n) is 6.16. The van der Waals surface area contributed by atoms with Crippen molar-refractivity contribution in [2.45, 2.75) is 32.4 Å². The molecule has 134 valence electrons. The van der Waals surface area contributed by atoms with Crippen molar-refractivity contribution >= 4 is 21.8 Å². The highest BCUT2D eigenvalue weighted by Crippen LogP contribution is 2.18. The van der Waals surface area contributed by atoms with Crippen LogP contribution in [0, 0.1) is 6.92 Å². The summed E-state index contributed by atoms with van der Waals surface area (Å²) in [5.41, 5.74) is 0. The number of benzene rings is 1. The van der Waals surface area contributed by atoms with Crippen LogP contribution in [0.3, 0.4) is 0 Å². The number of hydrogen-bond acceptors (Lipinski definition) is 4. The molecule has 1 aliphatic heterocycles. The number of carbonyl (C=O) groups excluding carboxylic acids is 1. The molecule has 0 aliphatic carbocycles. The molecule has 1 saturated heterocycles. The van der Waals surface area contributed by atoms with E-state index in [1.54, 1.807) is 4.90 Å². The zero-order valence-electron chi connectivity index (χ0n) is 14.2. The van der Waals surface area contributed by atoms with Crippen molar-refractivity contribution in [3.05, 3.63) is 52.4 Å². The van der Waals surface area contributed by atoms with Crippen LogP contribution >= 0.6 is 15.9 Å². The summed E-state index contributed by atoms with van der Waals surface area (Å²) in [4.78, 5) is 14.4. The molecule has 0 spiro atoms. The molecule has 6 heteroatoms. The Balaban J connectivity index is 1.61. The summed E-state index contributed by atoms with van der Waals surface area (Å²) < 4.78 is 17.9. The van der Waals surface area contributed by atoms with Crippen LogP contribution in [0.2, 0.25) is 0 Å². The predicted molar refractivity (Wildman–Crippen MR) is 97.5 cm³/mol. The molecule has 1 atom stereocenters. The van der Waals surface area contributed by atoms with Gasteiger partial charge >= 0.3 is 0 Å². The van der Waals surface area contributed by atoms with Gasteiger partial charge in [0.05, 0.1) is 12.6 Å². The third kappa shape index (κ3) is 5.34. The average Bonchev–Trinajstić information content (AvgIpc) is 3.25. The van der Waals surface area contributed by atoms with Gasteiger partial charge in [-0.05, 0) is 56.2 Å². The van der Waals surface area contributed by atoms with Gasteiger partial charge in [0.1, 0.15) is 17.3 Å². The normalized spacial score (nSPS) is 16.8. The van der Waals surface area contributed by atoms with Gasteiger partial charge in [0.2, 0.25) is 0 Å². The van der Waals surface area contributed by atoms with Gasteiger partial charge in [-0.1, -0.05) is 15.9 Å². The van der Waals surface area contributed by atoms with E-state index >= 15 is 0 Å². The van der Waals surface area contributed by atoms with Gasteiger partial charge in [0.15, 0.2) is 6.61 Å². The number of hydrogen-bond donors (Lipinski definition) is 0. The van der Waals surface area contributed by atoms with Crippen LogP contribution in [-0.4, -0.2) is 36.7 Å². The van der Waals surface area contributed by atoms with Crippen molar-refractivity contribution in [2.75, 3.05) is 19.8 Å². The maximum absolute atomic E-state index is 12.7. The molecular weight excluding hydrogens is 386 g/mol. The molecule has 1 amide bonds. The number of furan rings is 1. The van der Waals surface area contributed by atoms with E-state index < -0.39 is 0 Å². The summed E-state index contributed by atoms with van der Waals surface area (Å²) in [6, 6.07) is 11.2. The molecular formula is C19H22BrNO4. The molecule has 5 nitrogen and oxygen atoms in total. The predicted octanol–water partition coefficient (Wildman–Crippen LogP) is 3.94. The van der Waals surface area contributed by atoms with Crippen LogP contribution in [0.4, 0.5) is 0 Å². The fraction of sp³-hybridized carbons (Fsp3) is 0.421. The second kappa shape index (κ2) is 8.54. The third-order valence-corrected chi connectivity index (χ3v) is 4.65. The first kappa shape index (κ1) is 18.0. The summed E-state index contributed by atoms with van der Waals surface area (Å²) in [5.74, 6) is 2.20. The van der Waals surface area contributed by atoms with Gasteiger partial charge in [-0.15, -0.1) is 0 Å². The summed E-state index contributed by atoms with van der Waals surface area (Å²) in [6.07, 6.45) is 2.11. The number of rotatable bonds is 7. The van der Waals surface area contributed by atoms with Crippen molar-refractivity contribution in [3.8, 4) is 5.75 Å². The highest BCUT2D eigenvalue weighted by atomic mass is 79.9. The number of ether oxygens (including phenoxy) is 2. The fourth-order valence-electron chi connectivity index (χ4n) is 2.81. The SMILES string of the molecule is Cc1ccc(CN(C[C@H]2CCCO2)C(=O)COc2ccc(Br)cc2)o1. The highest BCUT2D eigenvalue weighted by molar-refractivity contribution is 9.10. The Morgan fingerprint density at radius 1 is 1.28 bits per heavy atom. The lowest BCUT2D eigenvalue weighted by atomic mass is 10.2. The molecule has 2 aromatic rings. The van der Waals surface area contributed by atoms with Crippen LogP contribution in [0.5, 0.6) is 5.75 Å². The number of carbonyl (C=O) groups is 1. The molecule has 0 bridgehead atoms. The first-order valence-corrected chi connectivity index (χ1v) is 9.22. The van der Waals surface area contributed by atoms with Crippen molar-refractivity contribution in [1.82, 2.24) is 4.90 Å². The van der Waals surface area contributed by atoms with E-state index in [1.807, 2.05) is 43.3 Å². The first-order valence-electron chi connectivity index (χ1n) is 8.43. The Morgan fingerprint density at radius 3 is 2.72 bits per heavy atom. The molecule has 1 aromatic carbocycles. The molecule has 0 saturated carbocycles. The van der Waals surface area contributed by atoms with Crippen LogP contribution in [0.15, 0.2) is 45.3 Å². The molecule has 0 radical (unpaired) electrons. The van der Waals surface area contributed by atoms with Crippen LogP contribution < -0.4 is 4.74 Å². The van der Waals surface area contributed by atoms with Crippen LogP contribution in [-0.2, 0) is 16.1 Å². The summed E-state index contributed by atoms with van der Waals surface area (Å²) in [7, 11) is 0. The standard InChI is InChI=1S/C19H22BrNO4/c1-14-4-7-18(25-14)12-21(11-17-3-2-10-23-17)19(22)13-24-16-8-5-15(20)6-9-16/h4-9,17H,2-3,10-13H2,1H3/t17-/m1/s1. The lowest BCUT2D eigenvalue weighted by Gasteiger charge is -2.24. The maximum Gasteiger partial charge on any atom is 0.261 e. The molecule has 1 aliphatic rings. The fourth-order valence-corrected chi connectivity index (χ4v) is 3.08. The van der Waals surface area contributed by atoms with Crippen molar-refractivity contribution in [2.24, 2.45) is 0 Å². The van der Waals surface area contributed by atoms with E-state index in [4.69, 9.17) is 13.9 Å². The average molecular weight is 408 g/mol. The Morgan fingerprint density at radius 2 is 2.08 bits per heavy atom. The molecule has 1 fully saturated rings. The molecule has 0 unspecified atom stereocenters. The van der Waals surface area contributed by atoms with E-state index in [9.17, 15) is 4.79 Å².